The molecule has 0 aliphatic carbocycles. The van der Waals surface area contributed by atoms with Crippen LogP contribution in [-0.4, -0.2) is 66.8 Å². The van der Waals surface area contributed by atoms with Crippen LogP contribution >= 0.6 is 7.82 Å². The lowest BCUT2D eigenvalue weighted by atomic mass is 9.97. The molecule has 0 radical (unpaired) electrons. The molecule has 5 N–H and O–H groups in total. The Hall–Kier alpha value is -2.99. The number of phosphoric ester groups is 1. The minimum Gasteiger partial charge on any atom is -0.387 e. The van der Waals surface area contributed by atoms with E-state index in [0.29, 0.717) is 23.2 Å². The molecule has 0 spiro atoms. The van der Waals surface area contributed by atoms with Gasteiger partial charge in [0.2, 0.25) is 0 Å². The van der Waals surface area contributed by atoms with Crippen molar-refractivity contribution in [3.63, 3.8) is 0 Å². The Morgan fingerprint density at radius 1 is 0.964 bits per heavy atom. The summed E-state index contributed by atoms with van der Waals surface area (Å²) >= 11 is 0. The third-order valence-electron chi connectivity index (χ3n) is 10.6. The van der Waals surface area contributed by atoms with Crippen molar-refractivity contribution < 1.29 is 42.6 Å². The van der Waals surface area contributed by atoms with Gasteiger partial charge in [-0.15, -0.1) is 0 Å². The van der Waals surface area contributed by atoms with Gasteiger partial charge in [0.1, 0.15) is 41.6 Å². The first-order chi connectivity index (χ1) is 27.0. The van der Waals surface area contributed by atoms with Crippen LogP contribution in [0.15, 0.2) is 36.7 Å². The number of phosphoric acid groups is 1. The highest BCUT2D eigenvalue weighted by Gasteiger charge is 2.53. The topological polar surface area (TPSA) is 195 Å². The molecule has 0 bridgehead atoms. The Bertz CT molecular complexity index is 1710. The molecule has 6 atom stereocenters. The maximum absolute atomic E-state index is 14.1. The van der Waals surface area contributed by atoms with Crippen LogP contribution in [0.2, 0.25) is 0 Å². The molecule has 1 aliphatic rings. The molecule has 1 saturated heterocycles. The molecule has 1 unspecified atom stereocenters. The summed E-state index contributed by atoms with van der Waals surface area (Å²) < 4.78 is 51.4. The molecule has 3 aromatic rings. The quantitative estimate of drug-likeness (QED) is 0.0404. The van der Waals surface area contributed by atoms with E-state index in [4.69, 9.17) is 24.3 Å². The second-order valence-electron chi connectivity index (χ2n) is 15.4. The molecule has 13 nitrogen and oxygen atoms in total. The fourth-order valence-electron chi connectivity index (χ4n) is 7.25. The Labute approximate surface area is 331 Å². The van der Waals surface area contributed by atoms with Crippen LogP contribution in [0.3, 0.4) is 0 Å². The zero-order valence-electron chi connectivity index (χ0n) is 33.2. The van der Waals surface area contributed by atoms with E-state index >= 15 is 0 Å². The van der Waals surface area contributed by atoms with Crippen molar-refractivity contribution in [3.05, 3.63) is 59.3 Å². The number of rotatable bonds is 28. The minimum absolute atomic E-state index is 0.0294. The average Bonchev–Trinajstić information content (AvgIpc) is 3.71. The standard InChI is InChI=1S/C41H63FN5O8P/c1-3-4-5-6-7-8-9-10-11-12-13-14-15-16-17-18-19-20-34(52-27-32-23-31(26-43)24-33(42)25-32)28-53-56(50,51)54-29-41(2)39(49)37(48)38(55-41)35-21-22-36-40(44)45-30-46-47(35)36/h21-25,30,34,37-39,48-49H,3-20,27-29H2,1-2H3,(H,50,51)(H2,44,45,46)/t34-,37+,38+,39+,41-/m1/s1. The van der Waals surface area contributed by atoms with Crippen LogP contribution in [0.5, 0.6) is 0 Å². The number of unbranched alkanes of at least 4 members (excludes halogenated alkanes) is 16. The molecule has 0 saturated carbocycles. The second kappa shape index (κ2) is 23.4. The maximum atomic E-state index is 14.1. The summed E-state index contributed by atoms with van der Waals surface area (Å²) in [5.41, 5.74) is 5.85. The summed E-state index contributed by atoms with van der Waals surface area (Å²) in [6.07, 6.45) is 18.4. The summed E-state index contributed by atoms with van der Waals surface area (Å²) in [7, 11) is -4.70. The van der Waals surface area contributed by atoms with E-state index in [1.165, 1.54) is 113 Å². The molecule has 4 rings (SSSR count). The van der Waals surface area contributed by atoms with Crippen LogP contribution in [0, 0.1) is 17.1 Å². The van der Waals surface area contributed by atoms with Gasteiger partial charge in [-0.25, -0.2) is 18.5 Å². The predicted molar refractivity (Wildman–Crippen MR) is 212 cm³/mol. The Kier molecular flexibility index (Phi) is 19.1. The summed E-state index contributed by atoms with van der Waals surface area (Å²) in [5.74, 6) is -0.337. The molecule has 1 aliphatic heterocycles. The SMILES string of the molecule is CCCCCCCCCCCCCCCCCCC[C@H](COP(=O)(O)OC[C@@]1(C)O[C@@H](c2ccc3c(N)ncnn23)[C@H](O)[C@@H]1O)OCc1cc(F)cc(C#N)c1. The van der Waals surface area contributed by atoms with Gasteiger partial charge in [0, 0.05) is 0 Å². The molecule has 3 heterocycles. The van der Waals surface area contributed by atoms with Crippen molar-refractivity contribution in [2.75, 3.05) is 18.9 Å². The van der Waals surface area contributed by atoms with Crippen molar-refractivity contribution in [2.24, 2.45) is 0 Å². The van der Waals surface area contributed by atoms with E-state index in [1.807, 2.05) is 6.07 Å². The van der Waals surface area contributed by atoms with Crippen LogP contribution in [0.4, 0.5) is 10.2 Å². The van der Waals surface area contributed by atoms with Crippen LogP contribution in [-0.2, 0) is 29.7 Å². The third kappa shape index (κ3) is 14.4. The van der Waals surface area contributed by atoms with E-state index in [-0.39, 0.29) is 24.6 Å². The van der Waals surface area contributed by atoms with Gasteiger partial charge in [0.05, 0.1) is 43.3 Å². The number of ether oxygens (including phenoxy) is 2. The van der Waals surface area contributed by atoms with Gasteiger partial charge in [-0.3, -0.25) is 9.05 Å². The highest BCUT2D eigenvalue weighted by Crippen LogP contribution is 2.48. The molecule has 1 aromatic carbocycles. The summed E-state index contributed by atoms with van der Waals surface area (Å²) in [6.45, 7) is 2.80. The number of benzene rings is 1. The van der Waals surface area contributed by atoms with Gasteiger partial charge in [-0.05, 0) is 49.2 Å². The number of anilines is 1. The Morgan fingerprint density at radius 2 is 1.57 bits per heavy atom. The van der Waals surface area contributed by atoms with E-state index in [0.717, 1.165) is 31.7 Å². The minimum atomic E-state index is -4.70. The average molecular weight is 804 g/mol. The second-order valence-corrected chi connectivity index (χ2v) is 16.8. The Morgan fingerprint density at radius 3 is 2.18 bits per heavy atom. The largest absolute Gasteiger partial charge is 0.472 e. The van der Waals surface area contributed by atoms with Crippen molar-refractivity contribution in [1.29, 1.82) is 5.26 Å². The zero-order valence-corrected chi connectivity index (χ0v) is 34.1. The van der Waals surface area contributed by atoms with Gasteiger partial charge >= 0.3 is 7.82 Å². The number of aromatic nitrogens is 3. The van der Waals surface area contributed by atoms with E-state index in [9.17, 15) is 29.3 Å². The highest BCUT2D eigenvalue weighted by molar-refractivity contribution is 7.47. The molecular formula is C41H63FN5O8P. The van der Waals surface area contributed by atoms with Crippen LogP contribution in [0.25, 0.3) is 5.52 Å². The Balaban J connectivity index is 1.20. The van der Waals surface area contributed by atoms with Crippen LogP contribution < -0.4 is 5.73 Å². The van der Waals surface area contributed by atoms with Gasteiger partial charge < -0.3 is 30.3 Å². The smallest absolute Gasteiger partial charge is 0.387 e. The fraction of sp³-hybridized carbons (Fsp3) is 0.683. The lowest BCUT2D eigenvalue weighted by Gasteiger charge is -2.28. The number of nitrogens with zero attached hydrogens (tertiary/aromatic N) is 4. The fourth-order valence-corrected chi connectivity index (χ4v) is 8.10. The van der Waals surface area contributed by atoms with Gasteiger partial charge in [0.15, 0.2) is 5.82 Å². The van der Waals surface area contributed by atoms with Crippen molar-refractivity contribution in [1.82, 2.24) is 14.6 Å². The summed E-state index contributed by atoms with van der Waals surface area (Å²) in [6, 6.07) is 9.18. The maximum Gasteiger partial charge on any atom is 0.472 e. The molecule has 15 heteroatoms. The molecule has 0 amide bonds. The molecular weight excluding hydrogens is 740 g/mol. The number of fused-ring (bicyclic) bond motifs is 1. The van der Waals surface area contributed by atoms with Gasteiger partial charge in [-0.1, -0.05) is 116 Å². The molecule has 2 aromatic heterocycles. The molecule has 312 valence electrons. The first kappa shape index (κ1) is 45.7. The predicted octanol–water partition coefficient (Wildman–Crippen LogP) is 8.63. The number of nitrogens with two attached hydrogens (primary N) is 1. The first-order valence-corrected chi connectivity index (χ1v) is 22.0. The van der Waals surface area contributed by atoms with Crippen molar-refractivity contribution >= 4 is 19.2 Å². The number of aliphatic hydroxyl groups excluding tert-OH is 2. The number of hydrogen-bond acceptors (Lipinski definition) is 11. The normalized spacial score (nSPS) is 21.3. The number of nitrogen functional groups attached to an aromatic ring is 1. The molecule has 1 fully saturated rings. The molecule has 56 heavy (non-hydrogen) atoms. The first-order valence-electron chi connectivity index (χ1n) is 20.5. The number of halogens is 1. The summed E-state index contributed by atoms with van der Waals surface area (Å²) in [4.78, 5) is 14.6. The highest BCUT2D eigenvalue weighted by atomic mass is 31.2. The van der Waals surface area contributed by atoms with E-state index < -0.39 is 50.3 Å². The van der Waals surface area contributed by atoms with Gasteiger partial charge in [0.25, 0.3) is 0 Å². The van der Waals surface area contributed by atoms with Crippen molar-refractivity contribution in [3.8, 4) is 6.07 Å². The van der Waals surface area contributed by atoms with Crippen LogP contribution in [0.1, 0.15) is 152 Å². The monoisotopic (exact) mass is 803 g/mol. The van der Waals surface area contributed by atoms with Crippen molar-refractivity contribution in [2.45, 2.75) is 166 Å². The van der Waals surface area contributed by atoms with E-state index in [2.05, 4.69) is 17.0 Å². The summed E-state index contributed by atoms with van der Waals surface area (Å²) in [5, 5.41) is 35.3. The lowest BCUT2D eigenvalue weighted by Crippen LogP contribution is -2.44. The van der Waals surface area contributed by atoms with E-state index in [1.54, 1.807) is 12.1 Å². The zero-order chi connectivity index (χ0) is 40.4. The number of hydrogen-bond donors (Lipinski definition) is 4. The number of nitriles is 1. The number of aliphatic hydroxyl groups is 2. The van der Waals surface area contributed by atoms with Gasteiger partial charge in [-0.2, -0.15) is 10.4 Å². The lowest BCUT2D eigenvalue weighted by molar-refractivity contribution is -0.101. The third-order valence-corrected chi connectivity index (χ3v) is 11.5.